The van der Waals surface area contributed by atoms with Gasteiger partial charge in [0.05, 0.1) is 10.7 Å². The number of aromatic nitrogens is 2. The lowest BCUT2D eigenvalue weighted by Crippen LogP contribution is -2.34. The molecule has 0 saturated carbocycles. The van der Waals surface area contributed by atoms with Gasteiger partial charge in [0.25, 0.3) is 5.91 Å². The summed E-state index contributed by atoms with van der Waals surface area (Å²) in [4.78, 5) is 20.8. The van der Waals surface area contributed by atoms with Crippen LogP contribution in [0.4, 0.5) is 5.69 Å². The van der Waals surface area contributed by atoms with Crippen LogP contribution in [0.15, 0.2) is 65.2 Å². The molecule has 2 aromatic carbocycles. The van der Waals surface area contributed by atoms with Gasteiger partial charge in [-0.05, 0) is 66.8 Å². The van der Waals surface area contributed by atoms with Crippen LogP contribution in [-0.2, 0) is 0 Å². The normalized spacial score (nSPS) is 10.7. The third-order valence-electron chi connectivity index (χ3n) is 3.96. The Kier molecular flexibility index (Phi) is 5.44. The number of hydrogen-bond donors (Lipinski definition) is 2. The molecule has 0 aliphatic carbocycles. The predicted molar refractivity (Wildman–Crippen MR) is 117 cm³/mol. The van der Waals surface area contributed by atoms with E-state index in [4.69, 9.17) is 39.8 Å². The Morgan fingerprint density at radius 3 is 2.62 bits per heavy atom. The van der Waals surface area contributed by atoms with Gasteiger partial charge in [0.2, 0.25) is 5.89 Å². The molecule has 29 heavy (non-hydrogen) atoms. The largest absolute Gasteiger partial charge is 0.434 e. The zero-order valence-electron chi connectivity index (χ0n) is 14.6. The highest BCUT2D eigenvalue weighted by molar-refractivity contribution is 7.80. The zero-order chi connectivity index (χ0) is 20.4. The van der Waals surface area contributed by atoms with Crippen molar-refractivity contribution >= 4 is 63.4 Å². The molecule has 0 bridgehead atoms. The lowest BCUT2D eigenvalue weighted by Gasteiger charge is -2.12. The Hall–Kier alpha value is -3.00. The number of nitrogens with zero attached hydrogens (tertiary/aromatic N) is 2. The van der Waals surface area contributed by atoms with E-state index in [9.17, 15) is 4.79 Å². The first kappa shape index (κ1) is 19.3. The number of benzene rings is 2. The van der Waals surface area contributed by atoms with Gasteiger partial charge < -0.3 is 9.73 Å². The molecule has 4 aromatic rings. The van der Waals surface area contributed by atoms with Gasteiger partial charge in [-0.15, -0.1) is 0 Å². The van der Waals surface area contributed by atoms with Gasteiger partial charge in [0.1, 0.15) is 0 Å². The van der Waals surface area contributed by atoms with Crippen molar-refractivity contribution in [3.63, 3.8) is 0 Å². The van der Waals surface area contributed by atoms with E-state index in [1.807, 2.05) is 0 Å². The number of rotatable bonds is 3. The number of carbonyl (C=O) groups is 1. The summed E-state index contributed by atoms with van der Waals surface area (Å²) in [6.07, 6.45) is 1.64. The van der Waals surface area contributed by atoms with Crippen molar-refractivity contribution in [2.75, 3.05) is 5.32 Å². The quantitative estimate of drug-likeness (QED) is 0.417. The molecule has 9 heteroatoms. The van der Waals surface area contributed by atoms with E-state index in [-0.39, 0.29) is 11.0 Å². The Labute approximate surface area is 180 Å². The van der Waals surface area contributed by atoms with Gasteiger partial charge in [0.15, 0.2) is 16.3 Å². The number of pyridine rings is 1. The summed E-state index contributed by atoms with van der Waals surface area (Å²) < 4.78 is 5.73. The molecule has 2 N–H and O–H groups in total. The second-order valence-electron chi connectivity index (χ2n) is 5.95. The third kappa shape index (κ3) is 4.37. The number of carbonyl (C=O) groups excluding carboxylic acids is 1. The number of halogens is 2. The summed E-state index contributed by atoms with van der Waals surface area (Å²) in [5.41, 5.74) is 2.70. The van der Waals surface area contributed by atoms with E-state index in [0.29, 0.717) is 44.0 Å². The summed E-state index contributed by atoms with van der Waals surface area (Å²) in [6, 6.07) is 15.2. The molecule has 0 fully saturated rings. The number of fused-ring (bicyclic) bond motifs is 1. The van der Waals surface area contributed by atoms with Gasteiger partial charge in [-0.3, -0.25) is 10.1 Å². The van der Waals surface area contributed by atoms with Gasteiger partial charge >= 0.3 is 0 Å². The van der Waals surface area contributed by atoms with E-state index >= 15 is 0 Å². The molecule has 0 aliphatic heterocycles. The summed E-state index contributed by atoms with van der Waals surface area (Å²) >= 11 is 17.3. The minimum atomic E-state index is -0.364. The van der Waals surface area contributed by atoms with E-state index in [1.54, 1.807) is 60.8 Å². The molecule has 0 aliphatic rings. The zero-order valence-corrected chi connectivity index (χ0v) is 17.0. The van der Waals surface area contributed by atoms with Crippen LogP contribution in [0.1, 0.15) is 10.4 Å². The smallest absolute Gasteiger partial charge is 0.257 e. The van der Waals surface area contributed by atoms with Gasteiger partial charge in [-0.1, -0.05) is 23.2 Å². The van der Waals surface area contributed by atoms with Gasteiger partial charge in [-0.25, -0.2) is 4.98 Å². The maximum Gasteiger partial charge on any atom is 0.257 e. The Balaban J connectivity index is 1.52. The maximum absolute atomic E-state index is 12.3. The molecule has 0 unspecified atom stereocenters. The summed E-state index contributed by atoms with van der Waals surface area (Å²) in [7, 11) is 0. The second-order valence-corrected chi connectivity index (χ2v) is 7.21. The van der Waals surface area contributed by atoms with E-state index in [2.05, 4.69) is 20.6 Å². The van der Waals surface area contributed by atoms with Crippen LogP contribution >= 0.6 is 35.4 Å². The Bertz CT molecular complexity index is 1190. The molecule has 0 radical (unpaired) electrons. The van der Waals surface area contributed by atoms with Crippen molar-refractivity contribution in [1.29, 1.82) is 0 Å². The summed E-state index contributed by atoms with van der Waals surface area (Å²) in [5.74, 6) is 0.0333. The number of oxazole rings is 1. The number of amides is 1. The monoisotopic (exact) mass is 442 g/mol. The van der Waals surface area contributed by atoms with Crippen molar-refractivity contribution in [2.45, 2.75) is 0 Å². The molecule has 0 spiro atoms. The minimum absolute atomic E-state index is 0.100. The average molecular weight is 443 g/mol. The number of anilines is 1. The third-order valence-corrected chi connectivity index (χ3v) is 4.75. The number of thiocarbonyl (C=S) groups is 1. The second kappa shape index (κ2) is 8.16. The first-order chi connectivity index (χ1) is 14.0. The standard InChI is InChI=1S/C20H12Cl2N4O2S/c21-13-6-3-11(4-7-13)18(27)26-20(29)24-15-10-12(5-8-14(15)22)19-25-17-16(28-19)2-1-9-23-17/h1-10H,(H2,24,26,27,29). The molecule has 4 rings (SSSR count). The fourth-order valence-electron chi connectivity index (χ4n) is 2.58. The van der Waals surface area contributed by atoms with Crippen molar-refractivity contribution in [1.82, 2.24) is 15.3 Å². The van der Waals surface area contributed by atoms with Gasteiger partial charge in [0, 0.05) is 22.3 Å². The maximum atomic E-state index is 12.3. The molecular weight excluding hydrogens is 431 g/mol. The molecule has 0 saturated heterocycles. The van der Waals surface area contributed by atoms with E-state index in [0.717, 1.165) is 0 Å². The van der Waals surface area contributed by atoms with Crippen LogP contribution in [0.2, 0.25) is 10.0 Å². The van der Waals surface area contributed by atoms with Crippen LogP contribution in [0.3, 0.4) is 0 Å². The molecule has 0 atom stereocenters. The molecule has 2 aromatic heterocycles. The highest BCUT2D eigenvalue weighted by Gasteiger charge is 2.13. The highest BCUT2D eigenvalue weighted by atomic mass is 35.5. The average Bonchev–Trinajstić information content (AvgIpc) is 3.14. The van der Waals surface area contributed by atoms with Crippen LogP contribution in [0.5, 0.6) is 0 Å². The molecule has 6 nitrogen and oxygen atoms in total. The molecular formula is C20H12Cl2N4O2S. The van der Waals surface area contributed by atoms with Crippen molar-refractivity contribution < 1.29 is 9.21 Å². The molecule has 2 heterocycles. The number of nitrogens with one attached hydrogen (secondary N) is 2. The Morgan fingerprint density at radius 2 is 1.86 bits per heavy atom. The Morgan fingerprint density at radius 1 is 1.07 bits per heavy atom. The van der Waals surface area contributed by atoms with E-state index < -0.39 is 0 Å². The summed E-state index contributed by atoms with van der Waals surface area (Å²) in [5, 5.41) is 6.59. The summed E-state index contributed by atoms with van der Waals surface area (Å²) in [6.45, 7) is 0. The SMILES string of the molecule is O=C(NC(=S)Nc1cc(-c2nc3ncccc3o2)ccc1Cl)c1ccc(Cl)cc1. The fourth-order valence-corrected chi connectivity index (χ4v) is 3.07. The van der Waals surface area contributed by atoms with Crippen molar-refractivity contribution in [3.05, 3.63) is 76.4 Å². The van der Waals surface area contributed by atoms with Gasteiger partial charge in [-0.2, -0.15) is 4.98 Å². The molecule has 1 amide bonds. The highest BCUT2D eigenvalue weighted by Crippen LogP contribution is 2.30. The van der Waals surface area contributed by atoms with Crippen LogP contribution in [-0.4, -0.2) is 21.0 Å². The van der Waals surface area contributed by atoms with Crippen LogP contribution in [0, 0.1) is 0 Å². The first-order valence-corrected chi connectivity index (χ1v) is 9.55. The lowest BCUT2D eigenvalue weighted by atomic mass is 10.2. The fraction of sp³-hybridized carbons (Fsp3) is 0. The van der Waals surface area contributed by atoms with Crippen LogP contribution in [0.25, 0.3) is 22.7 Å². The first-order valence-electron chi connectivity index (χ1n) is 8.39. The van der Waals surface area contributed by atoms with Crippen molar-refractivity contribution in [2.24, 2.45) is 0 Å². The predicted octanol–water partition coefficient (Wildman–Crippen LogP) is 5.32. The van der Waals surface area contributed by atoms with E-state index in [1.165, 1.54) is 0 Å². The lowest BCUT2D eigenvalue weighted by molar-refractivity contribution is 0.0977. The minimum Gasteiger partial charge on any atom is -0.434 e. The van der Waals surface area contributed by atoms with Crippen LogP contribution < -0.4 is 10.6 Å². The molecule has 144 valence electrons. The van der Waals surface area contributed by atoms with Crippen molar-refractivity contribution in [3.8, 4) is 11.5 Å². The number of hydrogen-bond acceptors (Lipinski definition) is 5. The topological polar surface area (TPSA) is 80.0 Å².